The molecule has 94 valence electrons. The maximum Gasteiger partial charge on any atom is 0.339 e. The summed E-state index contributed by atoms with van der Waals surface area (Å²) in [7, 11) is 0. The van der Waals surface area contributed by atoms with Gasteiger partial charge in [-0.3, -0.25) is 0 Å². The summed E-state index contributed by atoms with van der Waals surface area (Å²) >= 11 is 1.33. The summed E-state index contributed by atoms with van der Waals surface area (Å²) in [6, 6.07) is 1.67. The third-order valence-corrected chi connectivity index (χ3v) is 3.12. The van der Waals surface area contributed by atoms with Crippen LogP contribution in [0.5, 0.6) is 0 Å². The molecule has 0 radical (unpaired) electrons. The third-order valence-electron chi connectivity index (χ3n) is 2.34. The first-order valence-corrected chi connectivity index (χ1v) is 6.14. The fourth-order valence-corrected chi connectivity index (χ4v) is 2.18. The van der Waals surface area contributed by atoms with E-state index < -0.39 is 5.97 Å². The highest BCUT2D eigenvalue weighted by Gasteiger charge is 2.20. The van der Waals surface area contributed by atoms with E-state index in [1.165, 1.54) is 22.2 Å². The Morgan fingerprint density at radius 3 is 2.63 bits per heavy atom. The minimum atomic E-state index is -1.06. The first-order chi connectivity index (χ1) is 9.25. The highest BCUT2D eigenvalue weighted by atomic mass is 32.1. The maximum atomic E-state index is 11.2. The molecule has 0 fully saturated rings. The molecule has 19 heavy (non-hydrogen) atoms. The van der Waals surface area contributed by atoms with Gasteiger partial charge in [0.2, 0.25) is 5.95 Å². The van der Waals surface area contributed by atoms with Gasteiger partial charge in [-0.15, -0.1) is 11.3 Å². The highest BCUT2D eigenvalue weighted by molar-refractivity contribution is 7.13. The molecule has 0 aromatic carbocycles. The Morgan fingerprint density at radius 1 is 1.21 bits per heavy atom. The van der Waals surface area contributed by atoms with Gasteiger partial charge in [-0.2, -0.15) is 5.10 Å². The van der Waals surface area contributed by atoms with Crippen LogP contribution in [0.2, 0.25) is 0 Å². The van der Waals surface area contributed by atoms with Crippen LogP contribution in [0.1, 0.15) is 10.4 Å². The molecule has 7 nitrogen and oxygen atoms in total. The number of hydrogen-bond acceptors (Lipinski definition) is 6. The summed E-state index contributed by atoms with van der Waals surface area (Å²) in [6.45, 7) is 0. The van der Waals surface area contributed by atoms with Crippen molar-refractivity contribution in [2.24, 2.45) is 0 Å². The van der Waals surface area contributed by atoms with Crippen molar-refractivity contribution in [2.45, 2.75) is 0 Å². The smallest absolute Gasteiger partial charge is 0.339 e. The SMILES string of the molecule is O=C(O)c1cn(-c2ncccn2)nc1-c1nccs1. The van der Waals surface area contributed by atoms with E-state index in [-0.39, 0.29) is 5.56 Å². The number of nitrogens with zero attached hydrogens (tertiary/aromatic N) is 5. The van der Waals surface area contributed by atoms with E-state index in [1.54, 1.807) is 30.0 Å². The predicted molar refractivity (Wildman–Crippen MR) is 67.2 cm³/mol. The van der Waals surface area contributed by atoms with Crippen LogP contribution < -0.4 is 0 Å². The van der Waals surface area contributed by atoms with Crippen molar-refractivity contribution in [3.8, 4) is 16.6 Å². The topological polar surface area (TPSA) is 93.8 Å². The molecule has 0 amide bonds. The zero-order chi connectivity index (χ0) is 13.2. The van der Waals surface area contributed by atoms with Crippen molar-refractivity contribution in [1.29, 1.82) is 0 Å². The summed E-state index contributed by atoms with van der Waals surface area (Å²) in [5.41, 5.74) is 0.386. The van der Waals surface area contributed by atoms with E-state index in [2.05, 4.69) is 20.1 Å². The Labute approximate surface area is 111 Å². The number of thiazole rings is 1. The van der Waals surface area contributed by atoms with Crippen LogP contribution in [0.25, 0.3) is 16.6 Å². The standard InChI is InChI=1S/C11H7N5O2S/c17-10(18)7-6-16(11-13-2-1-3-14-11)15-8(7)9-12-4-5-19-9/h1-6H,(H,17,18). The number of aromatic carboxylic acids is 1. The molecule has 0 unspecified atom stereocenters. The van der Waals surface area contributed by atoms with Crippen LogP contribution in [0, 0.1) is 0 Å². The minimum Gasteiger partial charge on any atom is -0.478 e. The minimum absolute atomic E-state index is 0.0717. The zero-order valence-corrected chi connectivity index (χ0v) is 10.3. The maximum absolute atomic E-state index is 11.2. The Morgan fingerprint density at radius 2 is 2.00 bits per heavy atom. The summed E-state index contributed by atoms with van der Waals surface area (Å²) in [6.07, 6.45) is 6.11. The molecule has 8 heteroatoms. The number of hydrogen-bond donors (Lipinski definition) is 1. The molecule has 0 atom stereocenters. The van der Waals surface area contributed by atoms with Gasteiger partial charge >= 0.3 is 5.97 Å². The lowest BCUT2D eigenvalue weighted by Crippen LogP contribution is -2.00. The number of carbonyl (C=O) groups is 1. The van der Waals surface area contributed by atoms with Crippen molar-refractivity contribution < 1.29 is 9.90 Å². The van der Waals surface area contributed by atoms with Crippen LogP contribution in [-0.4, -0.2) is 35.8 Å². The molecule has 0 spiro atoms. The molecule has 0 aliphatic heterocycles. The van der Waals surface area contributed by atoms with Gasteiger partial charge in [-0.05, 0) is 6.07 Å². The van der Waals surface area contributed by atoms with E-state index >= 15 is 0 Å². The van der Waals surface area contributed by atoms with Crippen LogP contribution in [0.15, 0.2) is 36.2 Å². The van der Waals surface area contributed by atoms with Crippen molar-refractivity contribution >= 4 is 17.3 Å². The molecule has 3 heterocycles. The lowest BCUT2D eigenvalue weighted by Gasteiger charge is -1.96. The lowest BCUT2D eigenvalue weighted by atomic mass is 10.2. The van der Waals surface area contributed by atoms with Gasteiger partial charge in [0.15, 0.2) is 0 Å². The second-order valence-electron chi connectivity index (χ2n) is 3.53. The second-order valence-corrected chi connectivity index (χ2v) is 4.42. The number of carboxylic acid groups (broad SMARTS) is 1. The molecule has 0 aliphatic carbocycles. The summed E-state index contributed by atoms with van der Waals surface area (Å²) in [5.74, 6) is -0.750. The van der Waals surface area contributed by atoms with E-state index in [0.29, 0.717) is 16.6 Å². The normalized spacial score (nSPS) is 10.5. The van der Waals surface area contributed by atoms with Gasteiger partial charge in [0, 0.05) is 30.2 Å². The highest BCUT2D eigenvalue weighted by Crippen LogP contribution is 2.24. The molecular formula is C11H7N5O2S. The van der Waals surface area contributed by atoms with E-state index in [9.17, 15) is 9.90 Å². The molecule has 3 rings (SSSR count). The second kappa shape index (κ2) is 4.58. The van der Waals surface area contributed by atoms with Crippen LogP contribution in [0.3, 0.4) is 0 Å². The molecule has 0 bridgehead atoms. The molecule has 3 aromatic heterocycles. The van der Waals surface area contributed by atoms with Gasteiger partial charge in [0.25, 0.3) is 0 Å². The van der Waals surface area contributed by atoms with Gasteiger partial charge < -0.3 is 5.11 Å². The lowest BCUT2D eigenvalue weighted by molar-refractivity contribution is 0.0697. The van der Waals surface area contributed by atoms with E-state index in [4.69, 9.17) is 0 Å². The summed E-state index contributed by atoms with van der Waals surface area (Å²) < 4.78 is 1.33. The number of aromatic nitrogens is 5. The van der Waals surface area contributed by atoms with Crippen LogP contribution in [-0.2, 0) is 0 Å². The van der Waals surface area contributed by atoms with Gasteiger partial charge in [-0.1, -0.05) is 0 Å². The summed E-state index contributed by atoms with van der Waals surface area (Å²) in [4.78, 5) is 23.4. The molecule has 1 N–H and O–H groups in total. The van der Waals surface area contributed by atoms with Gasteiger partial charge in [-0.25, -0.2) is 24.4 Å². The quantitative estimate of drug-likeness (QED) is 0.776. The number of rotatable bonds is 3. The predicted octanol–water partition coefficient (Wildman–Crippen LogP) is 1.48. The Balaban J connectivity index is 2.15. The van der Waals surface area contributed by atoms with E-state index in [0.717, 1.165) is 0 Å². The first-order valence-electron chi connectivity index (χ1n) is 5.26. The van der Waals surface area contributed by atoms with Crippen molar-refractivity contribution in [2.75, 3.05) is 0 Å². The molecule has 3 aromatic rings. The Hall–Kier alpha value is -2.61. The molecular weight excluding hydrogens is 266 g/mol. The molecule has 0 saturated heterocycles. The largest absolute Gasteiger partial charge is 0.478 e. The fraction of sp³-hybridized carbons (Fsp3) is 0. The average molecular weight is 273 g/mol. The van der Waals surface area contributed by atoms with Crippen molar-refractivity contribution in [3.63, 3.8) is 0 Å². The van der Waals surface area contributed by atoms with Crippen molar-refractivity contribution in [3.05, 3.63) is 41.8 Å². The fourth-order valence-electron chi connectivity index (χ4n) is 1.54. The Bertz CT molecular complexity index is 708. The zero-order valence-electron chi connectivity index (χ0n) is 9.46. The molecule has 0 aliphatic rings. The third kappa shape index (κ3) is 2.08. The number of carboxylic acids is 1. The summed E-state index contributed by atoms with van der Waals surface area (Å²) in [5, 5.41) is 15.7. The van der Waals surface area contributed by atoms with Gasteiger partial charge in [0.05, 0.1) is 0 Å². The van der Waals surface area contributed by atoms with Crippen LogP contribution >= 0.6 is 11.3 Å². The first kappa shape index (κ1) is 11.5. The van der Waals surface area contributed by atoms with Gasteiger partial charge in [0.1, 0.15) is 16.3 Å². The average Bonchev–Trinajstić information content (AvgIpc) is 3.08. The molecule has 0 saturated carbocycles. The van der Waals surface area contributed by atoms with Crippen LogP contribution in [0.4, 0.5) is 0 Å². The van der Waals surface area contributed by atoms with Crippen molar-refractivity contribution in [1.82, 2.24) is 24.7 Å². The monoisotopic (exact) mass is 273 g/mol. The van der Waals surface area contributed by atoms with E-state index in [1.807, 2.05) is 0 Å². The Kier molecular flexibility index (Phi) is 2.76.